The molecule has 0 radical (unpaired) electrons. The number of carbonyl (C=O) groups excluding carboxylic acids is 1. The average molecular weight is 266 g/mol. The van der Waals surface area contributed by atoms with E-state index in [0.717, 1.165) is 12.8 Å². The molecule has 104 valence electrons. The van der Waals surface area contributed by atoms with Gasteiger partial charge in [0.2, 0.25) is 0 Å². The summed E-state index contributed by atoms with van der Waals surface area (Å²) in [6, 6.07) is -1.32. The number of urea groups is 1. The second-order valence-corrected chi connectivity index (χ2v) is 4.92. The highest BCUT2D eigenvalue weighted by Gasteiger charge is 2.30. The summed E-state index contributed by atoms with van der Waals surface area (Å²) >= 11 is 0. The van der Waals surface area contributed by atoms with Crippen LogP contribution in [0.5, 0.6) is 0 Å². The van der Waals surface area contributed by atoms with E-state index in [-0.39, 0.29) is 12.5 Å². The van der Waals surface area contributed by atoms with E-state index in [1.807, 2.05) is 6.92 Å². The molecular weight excluding hydrogens is 248 g/mol. The van der Waals surface area contributed by atoms with Crippen molar-refractivity contribution in [1.82, 2.24) is 20.6 Å². The van der Waals surface area contributed by atoms with Crippen LogP contribution in [0, 0.1) is 5.92 Å². The fourth-order valence-corrected chi connectivity index (χ4v) is 1.94. The lowest BCUT2D eigenvalue weighted by molar-refractivity contribution is -0.139. The van der Waals surface area contributed by atoms with E-state index in [9.17, 15) is 9.59 Å². The third-order valence-corrected chi connectivity index (χ3v) is 3.27. The standard InChI is InChI=1S/C12H18N4O3/c1-7(8-2-3-8)15-12(19)16-10(11(17)18)4-9-5-13-6-14-9/h5-8,10H,2-4H2,1H3,(H,13,14)(H,17,18)(H2,15,16,19)/t7?,10-/m1/s1. The number of imidazole rings is 1. The van der Waals surface area contributed by atoms with Gasteiger partial charge in [-0.1, -0.05) is 0 Å². The highest BCUT2D eigenvalue weighted by Crippen LogP contribution is 2.32. The van der Waals surface area contributed by atoms with Crippen LogP contribution >= 0.6 is 0 Å². The molecule has 7 heteroatoms. The molecule has 0 saturated heterocycles. The third kappa shape index (κ3) is 3.97. The van der Waals surface area contributed by atoms with Gasteiger partial charge in [0.15, 0.2) is 0 Å². The van der Waals surface area contributed by atoms with Crippen molar-refractivity contribution in [3.8, 4) is 0 Å². The number of carboxylic acid groups (broad SMARTS) is 1. The van der Waals surface area contributed by atoms with Gasteiger partial charge in [-0.15, -0.1) is 0 Å². The molecule has 0 bridgehead atoms. The van der Waals surface area contributed by atoms with Crippen LogP contribution in [0.25, 0.3) is 0 Å². The van der Waals surface area contributed by atoms with E-state index in [1.165, 1.54) is 6.33 Å². The summed E-state index contributed by atoms with van der Waals surface area (Å²) in [5.41, 5.74) is 0.669. The van der Waals surface area contributed by atoms with Crippen LogP contribution < -0.4 is 10.6 Å². The van der Waals surface area contributed by atoms with Gasteiger partial charge in [-0.05, 0) is 25.7 Å². The number of carboxylic acids is 1. The molecular formula is C12H18N4O3. The molecule has 1 saturated carbocycles. The molecule has 2 rings (SSSR count). The summed E-state index contributed by atoms with van der Waals surface area (Å²) in [5.74, 6) is -0.537. The van der Waals surface area contributed by atoms with Crippen molar-refractivity contribution in [3.05, 3.63) is 18.2 Å². The molecule has 1 heterocycles. The Balaban J connectivity index is 1.85. The van der Waals surface area contributed by atoms with Gasteiger partial charge in [0, 0.05) is 24.4 Å². The van der Waals surface area contributed by atoms with Crippen LogP contribution in [-0.4, -0.2) is 39.2 Å². The highest BCUT2D eigenvalue weighted by atomic mass is 16.4. The molecule has 0 spiro atoms. The quantitative estimate of drug-likeness (QED) is 0.601. The van der Waals surface area contributed by atoms with Crippen LogP contribution in [0.3, 0.4) is 0 Å². The van der Waals surface area contributed by atoms with Crippen molar-refractivity contribution < 1.29 is 14.7 Å². The molecule has 1 aromatic heterocycles. The Kier molecular flexibility index (Phi) is 4.03. The van der Waals surface area contributed by atoms with Crippen molar-refractivity contribution in [3.63, 3.8) is 0 Å². The van der Waals surface area contributed by atoms with E-state index in [1.54, 1.807) is 6.20 Å². The second kappa shape index (κ2) is 5.73. The molecule has 1 aromatic rings. The molecule has 1 unspecified atom stereocenters. The van der Waals surface area contributed by atoms with Gasteiger partial charge in [-0.25, -0.2) is 14.6 Å². The minimum Gasteiger partial charge on any atom is -0.480 e. The maximum absolute atomic E-state index is 11.7. The number of H-pyrrole nitrogens is 1. The lowest BCUT2D eigenvalue weighted by atomic mass is 10.1. The van der Waals surface area contributed by atoms with E-state index in [0.29, 0.717) is 11.6 Å². The third-order valence-electron chi connectivity index (χ3n) is 3.27. The summed E-state index contributed by atoms with van der Waals surface area (Å²) < 4.78 is 0. The zero-order valence-electron chi connectivity index (χ0n) is 10.7. The summed E-state index contributed by atoms with van der Waals surface area (Å²) in [6.45, 7) is 1.93. The number of aromatic amines is 1. The Hall–Kier alpha value is -2.05. The van der Waals surface area contributed by atoms with Crippen LogP contribution in [-0.2, 0) is 11.2 Å². The first-order chi connectivity index (χ1) is 9.06. The zero-order chi connectivity index (χ0) is 13.8. The van der Waals surface area contributed by atoms with Crippen LogP contribution in [0.2, 0.25) is 0 Å². The van der Waals surface area contributed by atoms with Crippen LogP contribution in [0.1, 0.15) is 25.5 Å². The fraction of sp³-hybridized carbons (Fsp3) is 0.583. The number of rotatable bonds is 6. The lowest BCUT2D eigenvalue weighted by Crippen LogP contribution is -2.49. The predicted octanol–water partition coefficient (Wildman–Crippen LogP) is 0.503. The average Bonchev–Trinajstić information content (AvgIpc) is 3.07. The van der Waals surface area contributed by atoms with E-state index in [4.69, 9.17) is 5.11 Å². The van der Waals surface area contributed by atoms with Crippen molar-refractivity contribution >= 4 is 12.0 Å². The largest absolute Gasteiger partial charge is 0.480 e. The Labute approximate surface area is 110 Å². The van der Waals surface area contributed by atoms with Crippen LogP contribution in [0.15, 0.2) is 12.5 Å². The van der Waals surface area contributed by atoms with E-state index >= 15 is 0 Å². The number of amides is 2. The van der Waals surface area contributed by atoms with Crippen molar-refractivity contribution in [2.24, 2.45) is 5.92 Å². The van der Waals surface area contributed by atoms with Gasteiger partial charge in [0.05, 0.1) is 6.33 Å². The first-order valence-corrected chi connectivity index (χ1v) is 6.33. The van der Waals surface area contributed by atoms with E-state index < -0.39 is 18.0 Å². The maximum Gasteiger partial charge on any atom is 0.326 e. The maximum atomic E-state index is 11.7. The Bertz CT molecular complexity index is 442. The number of carbonyl (C=O) groups is 2. The summed E-state index contributed by atoms with van der Waals surface area (Å²) in [6.07, 6.45) is 5.45. The van der Waals surface area contributed by atoms with Crippen molar-refractivity contribution in [1.29, 1.82) is 0 Å². The Morgan fingerprint density at radius 2 is 2.26 bits per heavy atom. The number of nitrogens with zero attached hydrogens (tertiary/aromatic N) is 1. The fourth-order valence-electron chi connectivity index (χ4n) is 1.94. The minimum absolute atomic E-state index is 0.0848. The molecule has 4 N–H and O–H groups in total. The van der Waals surface area contributed by atoms with Gasteiger partial charge in [-0.3, -0.25) is 0 Å². The first kappa shape index (κ1) is 13.4. The number of nitrogens with one attached hydrogen (secondary N) is 3. The Morgan fingerprint density at radius 1 is 1.53 bits per heavy atom. The molecule has 1 aliphatic rings. The second-order valence-electron chi connectivity index (χ2n) is 4.92. The normalized spacial score (nSPS) is 17.5. The highest BCUT2D eigenvalue weighted by molar-refractivity contribution is 5.82. The SMILES string of the molecule is CC(NC(=O)N[C@H](Cc1cnc[nH]1)C(=O)O)C1CC1. The lowest BCUT2D eigenvalue weighted by Gasteiger charge is -2.17. The predicted molar refractivity (Wildman–Crippen MR) is 67.6 cm³/mol. The molecule has 0 aromatic carbocycles. The monoisotopic (exact) mass is 266 g/mol. The smallest absolute Gasteiger partial charge is 0.326 e. The van der Waals surface area contributed by atoms with E-state index in [2.05, 4.69) is 20.6 Å². The molecule has 19 heavy (non-hydrogen) atoms. The molecule has 7 nitrogen and oxygen atoms in total. The molecule has 2 atom stereocenters. The number of aliphatic carboxylic acids is 1. The van der Waals surface area contributed by atoms with Gasteiger partial charge in [-0.2, -0.15) is 0 Å². The summed E-state index contributed by atoms with van der Waals surface area (Å²) in [4.78, 5) is 29.5. The zero-order valence-corrected chi connectivity index (χ0v) is 10.7. The van der Waals surface area contributed by atoms with Gasteiger partial charge in [0.1, 0.15) is 6.04 Å². The van der Waals surface area contributed by atoms with Crippen LogP contribution in [0.4, 0.5) is 4.79 Å². The summed E-state index contributed by atoms with van der Waals surface area (Å²) in [7, 11) is 0. The van der Waals surface area contributed by atoms with Gasteiger partial charge in [0.25, 0.3) is 0 Å². The molecule has 1 aliphatic carbocycles. The van der Waals surface area contributed by atoms with Gasteiger partial charge >= 0.3 is 12.0 Å². The number of aromatic nitrogens is 2. The molecule has 2 amide bonds. The van der Waals surface area contributed by atoms with Crippen molar-refractivity contribution in [2.75, 3.05) is 0 Å². The molecule has 1 fully saturated rings. The number of hydrogen-bond acceptors (Lipinski definition) is 3. The molecule has 0 aliphatic heterocycles. The number of hydrogen-bond donors (Lipinski definition) is 4. The van der Waals surface area contributed by atoms with Crippen molar-refractivity contribution in [2.45, 2.75) is 38.3 Å². The minimum atomic E-state index is -1.07. The topological polar surface area (TPSA) is 107 Å². The first-order valence-electron chi connectivity index (χ1n) is 6.33. The Morgan fingerprint density at radius 3 is 2.79 bits per heavy atom. The summed E-state index contributed by atoms with van der Waals surface area (Å²) in [5, 5.41) is 14.3. The van der Waals surface area contributed by atoms with Gasteiger partial charge < -0.3 is 20.7 Å².